The summed E-state index contributed by atoms with van der Waals surface area (Å²) in [6, 6.07) is 1.93. The third-order valence-corrected chi connectivity index (χ3v) is 4.06. The molecule has 1 heterocycles. The van der Waals surface area contributed by atoms with Gasteiger partial charge in [0.2, 0.25) is 6.43 Å². The molecule has 1 aromatic rings. The maximum absolute atomic E-state index is 12.6. The molecule has 1 atom stereocenters. The number of fused-ring (bicyclic) bond motifs is 1. The van der Waals surface area contributed by atoms with Crippen molar-refractivity contribution in [2.45, 2.75) is 31.6 Å². The molecule has 14 heavy (non-hydrogen) atoms. The summed E-state index contributed by atoms with van der Waals surface area (Å²) in [5, 5.41) is 0. The zero-order valence-corrected chi connectivity index (χ0v) is 8.62. The lowest BCUT2D eigenvalue weighted by molar-refractivity contribution is 0.118. The first-order chi connectivity index (χ1) is 6.72. The lowest BCUT2D eigenvalue weighted by Crippen LogP contribution is -2.18. The van der Waals surface area contributed by atoms with Crippen molar-refractivity contribution in [3.05, 3.63) is 21.4 Å². The van der Waals surface area contributed by atoms with Gasteiger partial charge in [0, 0.05) is 16.3 Å². The van der Waals surface area contributed by atoms with Crippen LogP contribution in [0.4, 0.5) is 8.78 Å². The Hall–Kier alpha value is -0.480. The highest BCUT2D eigenvalue weighted by Gasteiger charge is 2.25. The number of aryl methyl sites for hydroxylation is 2. The average molecular weight is 217 g/mol. The quantitative estimate of drug-likeness (QED) is 0.827. The minimum Gasteiger partial charge on any atom is -0.330 e. The molecule has 1 aliphatic carbocycles. The second-order valence-corrected chi connectivity index (χ2v) is 4.80. The molecule has 2 N–H and O–H groups in total. The second kappa shape index (κ2) is 3.95. The molecule has 0 aromatic carbocycles. The van der Waals surface area contributed by atoms with Crippen LogP contribution in [0.3, 0.4) is 0 Å². The monoisotopic (exact) mass is 217 g/mol. The van der Waals surface area contributed by atoms with E-state index < -0.39 is 12.3 Å². The second-order valence-electron chi connectivity index (χ2n) is 3.63. The zero-order chi connectivity index (χ0) is 10.1. The summed E-state index contributed by atoms with van der Waals surface area (Å²) >= 11 is 1.52. The molecule has 78 valence electrons. The third kappa shape index (κ3) is 1.68. The fraction of sp³-hybridized carbons (Fsp3) is 0.600. The Balaban J connectivity index is 2.23. The molecular formula is C10H13F2NS. The van der Waals surface area contributed by atoms with Crippen molar-refractivity contribution in [3.8, 4) is 0 Å². The Morgan fingerprint density at radius 2 is 2.21 bits per heavy atom. The van der Waals surface area contributed by atoms with Gasteiger partial charge in [-0.1, -0.05) is 0 Å². The van der Waals surface area contributed by atoms with Crippen molar-refractivity contribution in [1.29, 1.82) is 0 Å². The maximum Gasteiger partial charge on any atom is 0.247 e. The van der Waals surface area contributed by atoms with Gasteiger partial charge >= 0.3 is 0 Å². The van der Waals surface area contributed by atoms with Crippen LogP contribution in [0.1, 0.15) is 27.7 Å². The van der Waals surface area contributed by atoms with E-state index in [9.17, 15) is 8.78 Å². The number of nitrogens with two attached hydrogens (primary N) is 1. The Morgan fingerprint density at radius 1 is 1.43 bits per heavy atom. The third-order valence-electron chi connectivity index (χ3n) is 2.69. The summed E-state index contributed by atoms with van der Waals surface area (Å²) in [5.74, 6) is -0.759. The average Bonchev–Trinajstić information content (AvgIpc) is 2.63. The van der Waals surface area contributed by atoms with Gasteiger partial charge in [0.05, 0.1) is 5.92 Å². The van der Waals surface area contributed by atoms with E-state index in [4.69, 9.17) is 5.73 Å². The van der Waals surface area contributed by atoms with E-state index in [2.05, 4.69) is 0 Å². The summed E-state index contributed by atoms with van der Waals surface area (Å²) in [5.41, 5.74) is 6.62. The molecule has 0 saturated carbocycles. The predicted molar refractivity (Wildman–Crippen MR) is 54.1 cm³/mol. The first-order valence-corrected chi connectivity index (χ1v) is 5.63. The van der Waals surface area contributed by atoms with E-state index >= 15 is 0 Å². The van der Waals surface area contributed by atoms with E-state index in [1.54, 1.807) is 0 Å². The van der Waals surface area contributed by atoms with Crippen molar-refractivity contribution in [2.24, 2.45) is 5.73 Å². The Bertz CT molecular complexity index is 300. The molecule has 1 aromatic heterocycles. The number of alkyl halides is 2. The number of rotatable bonds is 3. The van der Waals surface area contributed by atoms with Gasteiger partial charge in [-0.3, -0.25) is 0 Å². The first-order valence-electron chi connectivity index (χ1n) is 4.82. The van der Waals surface area contributed by atoms with Crippen molar-refractivity contribution in [3.63, 3.8) is 0 Å². The standard InChI is InChI=1S/C10H13F2NS/c11-10(12)7(5-13)9-4-6-2-1-3-8(6)14-9/h4,7,10H,1-3,5,13H2. The van der Waals surface area contributed by atoms with Crippen molar-refractivity contribution in [2.75, 3.05) is 6.54 Å². The van der Waals surface area contributed by atoms with E-state index in [0.29, 0.717) is 0 Å². The van der Waals surface area contributed by atoms with Crippen molar-refractivity contribution in [1.82, 2.24) is 0 Å². The van der Waals surface area contributed by atoms with Gasteiger partial charge in [0.25, 0.3) is 0 Å². The summed E-state index contributed by atoms with van der Waals surface area (Å²) in [6.45, 7) is 0.0387. The molecule has 2 rings (SSSR count). The molecule has 1 nitrogen and oxygen atoms in total. The van der Waals surface area contributed by atoms with E-state index in [1.165, 1.54) is 28.2 Å². The lowest BCUT2D eigenvalue weighted by atomic mass is 10.1. The maximum atomic E-state index is 12.6. The van der Waals surface area contributed by atoms with Gasteiger partial charge in [-0.05, 0) is 30.9 Å². The van der Waals surface area contributed by atoms with E-state index in [0.717, 1.165) is 17.7 Å². The SMILES string of the molecule is NCC(c1cc2c(s1)CCC2)C(F)F. The molecule has 0 saturated heterocycles. The van der Waals surface area contributed by atoms with Crippen molar-refractivity contribution >= 4 is 11.3 Å². The number of hydrogen-bond acceptors (Lipinski definition) is 2. The summed E-state index contributed by atoms with van der Waals surface area (Å²) in [7, 11) is 0. The first kappa shape index (κ1) is 10.1. The molecule has 0 bridgehead atoms. The van der Waals surface area contributed by atoms with Gasteiger partial charge < -0.3 is 5.73 Å². The van der Waals surface area contributed by atoms with Crippen LogP contribution in [-0.4, -0.2) is 13.0 Å². The van der Waals surface area contributed by atoms with Crippen molar-refractivity contribution < 1.29 is 8.78 Å². The van der Waals surface area contributed by atoms with Gasteiger partial charge in [0.15, 0.2) is 0 Å². The van der Waals surface area contributed by atoms with Crippen LogP contribution < -0.4 is 5.73 Å². The molecule has 1 unspecified atom stereocenters. The molecule has 0 radical (unpaired) electrons. The summed E-state index contributed by atoms with van der Waals surface area (Å²) in [6.07, 6.45) is 0.940. The van der Waals surface area contributed by atoms with Gasteiger partial charge in [0.1, 0.15) is 0 Å². The van der Waals surface area contributed by atoms with Gasteiger partial charge in [-0.15, -0.1) is 11.3 Å². The van der Waals surface area contributed by atoms with Crippen LogP contribution in [-0.2, 0) is 12.8 Å². The topological polar surface area (TPSA) is 26.0 Å². The summed E-state index contributed by atoms with van der Waals surface area (Å²) < 4.78 is 25.1. The largest absolute Gasteiger partial charge is 0.330 e. The summed E-state index contributed by atoms with van der Waals surface area (Å²) in [4.78, 5) is 2.06. The fourth-order valence-electron chi connectivity index (χ4n) is 1.88. The smallest absolute Gasteiger partial charge is 0.247 e. The molecule has 0 aliphatic heterocycles. The van der Waals surface area contributed by atoms with Crippen LogP contribution in [0.25, 0.3) is 0 Å². The molecule has 0 amide bonds. The number of hydrogen-bond donors (Lipinski definition) is 1. The van der Waals surface area contributed by atoms with Gasteiger partial charge in [-0.25, -0.2) is 8.78 Å². The van der Waals surface area contributed by atoms with E-state index in [-0.39, 0.29) is 6.54 Å². The Kier molecular flexibility index (Phi) is 2.83. The molecule has 0 spiro atoms. The van der Waals surface area contributed by atoms with Crippen LogP contribution in [0, 0.1) is 0 Å². The van der Waals surface area contributed by atoms with Crippen LogP contribution >= 0.6 is 11.3 Å². The highest BCUT2D eigenvalue weighted by atomic mass is 32.1. The minimum atomic E-state index is -2.33. The molecular weight excluding hydrogens is 204 g/mol. The zero-order valence-electron chi connectivity index (χ0n) is 7.80. The fourth-order valence-corrected chi connectivity index (χ4v) is 3.25. The van der Waals surface area contributed by atoms with Crippen LogP contribution in [0.2, 0.25) is 0 Å². The predicted octanol–water partition coefficient (Wildman–Crippen LogP) is 2.54. The molecule has 1 aliphatic rings. The number of thiophene rings is 1. The normalized spacial score (nSPS) is 17.4. The minimum absolute atomic E-state index is 0.0387. The van der Waals surface area contributed by atoms with Crippen LogP contribution in [0.15, 0.2) is 6.07 Å². The van der Waals surface area contributed by atoms with Gasteiger partial charge in [-0.2, -0.15) is 0 Å². The Labute approximate surface area is 85.9 Å². The molecule has 0 fully saturated rings. The van der Waals surface area contributed by atoms with E-state index in [1.807, 2.05) is 6.07 Å². The Morgan fingerprint density at radius 3 is 2.79 bits per heavy atom. The molecule has 4 heteroatoms. The number of halogens is 2. The lowest BCUT2D eigenvalue weighted by Gasteiger charge is -2.10. The highest BCUT2D eigenvalue weighted by molar-refractivity contribution is 7.12. The highest BCUT2D eigenvalue weighted by Crippen LogP contribution is 2.36. The van der Waals surface area contributed by atoms with Crippen LogP contribution in [0.5, 0.6) is 0 Å².